The predicted molar refractivity (Wildman–Crippen MR) is 113 cm³/mol. The summed E-state index contributed by atoms with van der Waals surface area (Å²) < 4.78 is 11.9. The third kappa shape index (κ3) is 4.16. The molecule has 0 spiro atoms. The van der Waals surface area contributed by atoms with E-state index in [0.717, 1.165) is 11.3 Å². The Labute approximate surface area is 175 Å². The number of thiophene rings is 1. The zero-order chi connectivity index (χ0) is 21.8. The molecule has 0 radical (unpaired) electrons. The van der Waals surface area contributed by atoms with Gasteiger partial charge in [0.2, 0.25) is 0 Å². The number of nitrogens with one attached hydrogen (secondary N) is 1. The molecule has 3 aromatic rings. The van der Waals surface area contributed by atoms with Crippen molar-refractivity contribution in [1.29, 1.82) is 0 Å². The van der Waals surface area contributed by atoms with Gasteiger partial charge in [0.1, 0.15) is 10.6 Å². The Morgan fingerprint density at radius 3 is 2.83 bits per heavy atom. The monoisotopic (exact) mass is 432 g/mol. The maximum Gasteiger partial charge on any atom is 0.271 e. The molecule has 0 bridgehead atoms. The van der Waals surface area contributed by atoms with Crippen molar-refractivity contribution in [2.24, 2.45) is 0 Å². The quantitative estimate of drug-likeness (QED) is 0.329. The van der Waals surface area contributed by atoms with Gasteiger partial charge in [-0.05, 0) is 25.5 Å². The third-order valence-corrected chi connectivity index (χ3v) is 5.64. The molecule has 0 saturated heterocycles. The number of anilines is 1. The molecule has 10 nitrogen and oxygen atoms in total. The zero-order valence-electron chi connectivity index (χ0n) is 16.6. The fourth-order valence-corrected chi connectivity index (χ4v) is 3.96. The number of nitro benzene ring substituents is 1. The van der Waals surface area contributed by atoms with Gasteiger partial charge in [0.05, 0.1) is 47.5 Å². The minimum absolute atomic E-state index is 0.163. The maximum atomic E-state index is 12.9. The second-order valence-corrected chi connectivity index (χ2v) is 7.27. The van der Waals surface area contributed by atoms with E-state index in [-0.39, 0.29) is 22.7 Å². The highest BCUT2D eigenvalue weighted by molar-refractivity contribution is 7.20. The summed E-state index contributed by atoms with van der Waals surface area (Å²) in [5.74, 6) is -0.223. The van der Waals surface area contributed by atoms with E-state index in [2.05, 4.69) is 10.3 Å². The number of hydrogen-bond acceptors (Lipinski definition) is 8. The zero-order valence-corrected chi connectivity index (χ0v) is 17.4. The van der Waals surface area contributed by atoms with Gasteiger partial charge in [0.15, 0.2) is 0 Å². The van der Waals surface area contributed by atoms with Crippen molar-refractivity contribution in [2.75, 3.05) is 25.6 Å². The molecule has 158 valence electrons. The third-order valence-electron chi connectivity index (χ3n) is 4.45. The van der Waals surface area contributed by atoms with Gasteiger partial charge in [-0.2, -0.15) is 0 Å². The van der Waals surface area contributed by atoms with Gasteiger partial charge in [-0.15, -0.1) is 11.3 Å². The number of rotatable bonds is 8. The lowest BCUT2D eigenvalue weighted by Gasteiger charge is -2.09. The van der Waals surface area contributed by atoms with Gasteiger partial charge in [-0.1, -0.05) is 0 Å². The van der Waals surface area contributed by atoms with Crippen LogP contribution in [0.15, 0.2) is 29.3 Å². The highest BCUT2D eigenvalue weighted by Gasteiger charge is 2.21. The van der Waals surface area contributed by atoms with E-state index in [1.165, 1.54) is 36.2 Å². The second-order valence-electron chi connectivity index (χ2n) is 6.27. The molecular formula is C19H20N4O6S. The van der Waals surface area contributed by atoms with Crippen molar-refractivity contribution in [3.05, 3.63) is 55.4 Å². The number of ether oxygens (including phenoxy) is 2. The van der Waals surface area contributed by atoms with Crippen LogP contribution in [0.4, 0.5) is 11.4 Å². The van der Waals surface area contributed by atoms with Crippen LogP contribution in [0, 0.1) is 17.0 Å². The Balaban J connectivity index is 1.95. The first-order valence-electron chi connectivity index (χ1n) is 9.07. The first kappa shape index (κ1) is 21.4. The van der Waals surface area contributed by atoms with Gasteiger partial charge >= 0.3 is 0 Å². The van der Waals surface area contributed by atoms with E-state index < -0.39 is 10.8 Å². The molecule has 0 unspecified atom stereocenters. The smallest absolute Gasteiger partial charge is 0.271 e. The number of benzene rings is 1. The van der Waals surface area contributed by atoms with Gasteiger partial charge in [0.25, 0.3) is 17.2 Å². The number of aromatic nitrogens is 2. The van der Waals surface area contributed by atoms with E-state index in [1.54, 1.807) is 6.92 Å². The molecular weight excluding hydrogens is 412 g/mol. The largest absolute Gasteiger partial charge is 0.495 e. The molecule has 30 heavy (non-hydrogen) atoms. The van der Waals surface area contributed by atoms with Crippen LogP contribution in [0.5, 0.6) is 5.75 Å². The Kier molecular flexibility index (Phi) is 6.43. The number of nitro groups is 1. The molecule has 0 atom stereocenters. The van der Waals surface area contributed by atoms with Crippen LogP contribution >= 0.6 is 11.3 Å². The van der Waals surface area contributed by atoms with Crippen LogP contribution < -0.4 is 15.6 Å². The number of hydrogen-bond donors (Lipinski definition) is 1. The SMILES string of the molecule is CCOCCn1cnc2sc(C(=O)Nc3cc([N+](=O)[O-])ccc3OC)c(C)c2c1=O. The van der Waals surface area contributed by atoms with Crippen LogP contribution in [0.3, 0.4) is 0 Å². The Hall–Kier alpha value is -3.31. The number of nitrogens with zero attached hydrogens (tertiary/aromatic N) is 3. The number of aryl methyl sites for hydroxylation is 1. The number of fused-ring (bicyclic) bond motifs is 1. The van der Waals surface area contributed by atoms with Crippen molar-refractivity contribution in [2.45, 2.75) is 20.4 Å². The average Bonchev–Trinajstić information content (AvgIpc) is 3.07. The normalized spacial score (nSPS) is 10.9. The number of carbonyl (C=O) groups excluding carboxylic acids is 1. The first-order valence-corrected chi connectivity index (χ1v) is 9.89. The molecule has 1 N–H and O–H groups in total. The molecule has 2 heterocycles. The van der Waals surface area contributed by atoms with E-state index in [1.807, 2.05) is 6.92 Å². The minimum atomic E-state index is -0.561. The molecule has 11 heteroatoms. The molecule has 1 amide bonds. The fourth-order valence-electron chi connectivity index (χ4n) is 2.93. The lowest BCUT2D eigenvalue weighted by atomic mass is 10.2. The molecule has 2 aromatic heterocycles. The number of non-ortho nitro benzene ring substituents is 1. The van der Waals surface area contributed by atoms with Crippen LogP contribution in [-0.2, 0) is 11.3 Å². The van der Waals surface area contributed by atoms with E-state index in [9.17, 15) is 19.7 Å². The first-order chi connectivity index (χ1) is 14.4. The van der Waals surface area contributed by atoms with E-state index in [0.29, 0.717) is 40.4 Å². The van der Waals surface area contributed by atoms with Crippen molar-refractivity contribution >= 4 is 38.8 Å². The highest BCUT2D eigenvalue weighted by atomic mass is 32.1. The molecule has 0 fully saturated rings. The van der Waals surface area contributed by atoms with Crippen LogP contribution in [-0.4, -0.2) is 40.7 Å². The van der Waals surface area contributed by atoms with Crippen molar-refractivity contribution < 1.29 is 19.2 Å². The lowest BCUT2D eigenvalue weighted by Crippen LogP contribution is -2.23. The summed E-state index contributed by atoms with van der Waals surface area (Å²) in [6, 6.07) is 3.91. The Morgan fingerprint density at radius 2 is 2.17 bits per heavy atom. The Morgan fingerprint density at radius 1 is 1.40 bits per heavy atom. The number of methoxy groups -OCH3 is 1. The van der Waals surface area contributed by atoms with E-state index >= 15 is 0 Å². The number of carbonyl (C=O) groups is 1. The van der Waals surface area contributed by atoms with Crippen molar-refractivity contribution in [3.63, 3.8) is 0 Å². The van der Waals surface area contributed by atoms with Crippen LogP contribution in [0.2, 0.25) is 0 Å². The summed E-state index contributed by atoms with van der Waals surface area (Å²) in [5.41, 5.74) is 0.231. The molecule has 0 aliphatic heterocycles. The molecule has 0 aliphatic carbocycles. The summed E-state index contributed by atoms with van der Waals surface area (Å²) in [6.07, 6.45) is 1.44. The predicted octanol–water partition coefficient (Wildman–Crippen LogP) is 2.97. The maximum absolute atomic E-state index is 12.9. The lowest BCUT2D eigenvalue weighted by molar-refractivity contribution is -0.384. The van der Waals surface area contributed by atoms with Gasteiger partial charge in [0, 0.05) is 18.7 Å². The van der Waals surface area contributed by atoms with Crippen molar-refractivity contribution in [1.82, 2.24) is 9.55 Å². The van der Waals surface area contributed by atoms with Gasteiger partial charge in [-0.25, -0.2) is 4.98 Å². The fraction of sp³-hybridized carbons (Fsp3) is 0.316. The Bertz CT molecular complexity index is 1170. The summed E-state index contributed by atoms with van der Waals surface area (Å²) >= 11 is 1.08. The summed E-state index contributed by atoms with van der Waals surface area (Å²) in [4.78, 5) is 41.2. The topological polar surface area (TPSA) is 126 Å². The van der Waals surface area contributed by atoms with E-state index in [4.69, 9.17) is 9.47 Å². The second kappa shape index (κ2) is 9.01. The van der Waals surface area contributed by atoms with Gasteiger partial charge in [-0.3, -0.25) is 24.3 Å². The van der Waals surface area contributed by atoms with Crippen molar-refractivity contribution in [3.8, 4) is 5.75 Å². The highest BCUT2D eigenvalue weighted by Crippen LogP contribution is 2.32. The summed E-state index contributed by atoms with van der Waals surface area (Å²) in [5, 5.41) is 14.1. The molecule has 3 rings (SSSR count). The minimum Gasteiger partial charge on any atom is -0.495 e. The molecule has 0 aliphatic rings. The summed E-state index contributed by atoms with van der Waals surface area (Å²) in [6.45, 7) is 4.83. The summed E-state index contributed by atoms with van der Waals surface area (Å²) in [7, 11) is 1.40. The van der Waals surface area contributed by atoms with Crippen LogP contribution in [0.25, 0.3) is 10.2 Å². The van der Waals surface area contributed by atoms with Gasteiger partial charge < -0.3 is 14.8 Å². The number of amides is 1. The standard InChI is InChI=1S/C19H20N4O6S/c1-4-29-8-7-22-10-20-18-15(19(22)25)11(2)16(30-18)17(24)21-13-9-12(23(26)27)5-6-14(13)28-3/h5-6,9-10H,4,7-8H2,1-3H3,(H,21,24). The molecule has 1 aromatic carbocycles. The average molecular weight is 432 g/mol. The molecule has 0 saturated carbocycles. The van der Waals surface area contributed by atoms with Crippen LogP contribution in [0.1, 0.15) is 22.2 Å².